The van der Waals surface area contributed by atoms with E-state index in [2.05, 4.69) is 13.0 Å². The minimum Gasteiger partial charge on any atom is -0.496 e. The number of nitrogens with zero attached hydrogens (tertiary/aromatic N) is 2. The Morgan fingerprint density at radius 2 is 2.27 bits per heavy atom. The lowest BCUT2D eigenvalue weighted by molar-refractivity contribution is -0.129. The van der Waals surface area contributed by atoms with Gasteiger partial charge in [0.25, 0.3) is 0 Å². The van der Waals surface area contributed by atoms with E-state index in [1.54, 1.807) is 24.1 Å². The van der Waals surface area contributed by atoms with Gasteiger partial charge in [-0.1, -0.05) is 19.4 Å². The topological polar surface area (TPSA) is 53.3 Å². The molecule has 0 spiro atoms. The molecule has 0 radical (unpaired) electrons. The predicted octanol–water partition coefficient (Wildman–Crippen LogP) is 3.18. The van der Waals surface area contributed by atoms with Crippen molar-refractivity contribution in [3.8, 4) is 11.8 Å². The van der Waals surface area contributed by atoms with E-state index in [1.165, 1.54) is 6.42 Å². The lowest BCUT2D eigenvalue weighted by atomic mass is 10.1. The molecule has 0 aromatic heterocycles. The maximum atomic E-state index is 12.1. The van der Waals surface area contributed by atoms with E-state index in [0.717, 1.165) is 24.4 Å². The van der Waals surface area contributed by atoms with Gasteiger partial charge in [-0.2, -0.15) is 5.26 Å². The van der Waals surface area contributed by atoms with Crippen molar-refractivity contribution in [2.45, 2.75) is 26.3 Å². The highest BCUT2D eigenvalue weighted by Gasteiger charge is 2.37. The monoisotopic (exact) mass is 320 g/mol. The third-order valence-corrected chi connectivity index (χ3v) is 4.52. The molecule has 5 heteroatoms. The minimum atomic E-state index is -0.0603. The number of nitriles is 1. The van der Waals surface area contributed by atoms with Crippen LogP contribution in [0.15, 0.2) is 18.2 Å². The Morgan fingerprint density at radius 3 is 2.82 bits per heavy atom. The number of amides is 1. The molecule has 4 nitrogen and oxygen atoms in total. The van der Waals surface area contributed by atoms with Crippen LogP contribution in [0, 0.1) is 23.2 Å². The third-order valence-electron chi connectivity index (χ3n) is 4.29. The van der Waals surface area contributed by atoms with Crippen molar-refractivity contribution in [2.75, 3.05) is 19.5 Å². The summed E-state index contributed by atoms with van der Waals surface area (Å²) in [7, 11) is 1.57. The zero-order chi connectivity index (χ0) is 16.1. The normalized spacial score (nSPS) is 19.4. The molecule has 0 aliphatic heterocycles. The number of rotatable bonds is 7. The van der Waals surface area contributed by atoms with E-state index in [9.17, 15) is 4.79 Å². The van der Waals surface area contributed by atoms with Crippen molar-refractivity contribution < 1.29 is 9.53 Å². The molecule has 1 fully saturated rings. The molecule has 2 atom stereocenters. The quantitative estimate of drug-likeness (QED) is 0.725. The highest BCUT2D eigenvalue weighted by molar-refractivity contribution is 6.27. The highest BCUT2D eigenvalue weighted by Crippen LogP contribution is 2.41. The van der Waals surface area contributed by atoms with Gasteiger partial charge in [-0.3, -0.25) is 4.79 Å². The first-order valence-electron chi connectivity index (χ1n) is 7.53. The molecule has 1 aromatic carbocycles. The molecular weight excluding hydrogens is 300 g/mol. The number of carbonyl (C=O) groups excluding carboxylic acids is 1. The zero-order valence-electron chi connectivity index (χ0n) is 13.0. The molecule has 22 heavy (non-hydrogen) atoms. The molecular formula is C17H21ClN2O2. The van der Waals surface area contributed by atoms with E-state index in [1.807, 2.05) is 6.07 Å². The summed E-state index contributed by atoms with van der Waals surface area (Å²) < 4.78 is 5.34. The largest absolute Gasteiger partial charge is 0.496 e. The molecule has 1 aliphatic carbocycles. The summed E-state index contributed by atoms with van der Waals surface area (Å²) in [4.78, 5) is 13.9. The maximum Gasteiger partial charge on any atom is 0.237 e. The number of alkyl halides is 1. The number of hydrogen-bond acceptors (Lipinski definition) is 3. The molecule has 1 aliphatic rings. The number of methoxy groups -OCH3 is 1. The summed E-state index contributed by atoms with van der Waals surface area (Å²) in [5.74, 6) is 1.88. The van der Waals surface area contributed by atoms with Crippen molar-refractivity contribution in [1.82, 2.24) is 4.90 Å². The Hall–Kier alpha value is -1.73. The van der Waals surface area contributed by atoms with Crippen LogP contribution in [-0.2, 0) is 11.3 Å². The fraction of sp³-hybridized carbons (Fsp3) is 0.529. The molecule has 1 amide bonds. The van der Waals surface area contributed by atoms with Gasteiger partial charge >= 0.3 is 0 Å². The summed E-state index contributed by atoms with van der Waals surface area (Å²) in [5.41, 5.74) is 1.44. The van der Waals surface area contributed by atoms with Crippen LogP contribution in [0.1, 0.15) is 30.9 Å². The van der Waals surface area contributed by atoms with Gasteiger partial charge < -0.3 is 9.64 Å². The molecule has 0 saturated heterocycles. The Labute approximate surface area is 136 Å². The Bertz CT molecular complexity index is 583. The first-order valence-corrected chi connectivity index (χ1v) is 8.07. The van der Waals surface area contributed by atoms with Gasteiger partial charge in [0.1, 0.15) is 11.6 Å². The summed E-state index contributed by atoms with van der Waals surface area (Å²) >= 11 is 5.74. The standard InChI is InChI=1S/C17H21ClN2O2/c1-3-13-7-15(13)11-20(17(21)8-18)10-14-5-4-12(9-19)6-16(14)22-2/h4-6,13,15H,3,7-8,10-11H2,1-2H3/t13-,15+/m1/s1. The van der Waals surface area contributed by atoms with Crippen LogP contribution in [0.5, 0.6) is 5.75 Å². The highest BCUT2D eigenvalue weighted by atomic mass is 35.5. The molecule has 118 valence electrons. The van der Waals surface area contributed by atoms with Crippen molar-refractivity contribution >= 4 is 17.5 Å². The van der Waals surface area contributed by atoms with Gasteiger partial charge in [0.2, 0.25) is 5.91 Å². The van der Waals surface area contributed by atoms with E-state index >= 15 is 0 Å². The van der Waals surface area contributed by atoms with Gasteiger partial charge in [-0.15, -0.1) is 11.6 Å². The molecule has 0 bridgehead atoms. The van der Waals surface area contributed by atoms with Crippen molar-refractivity contribution in [2.24, 2.45) is 11.8 Å². The fourth-order valence-electron chi connectivity index (χ4n) is 2.81. The number of ether oxygens (including phenoxy) is 1. The average molecular weight is 321 g/mol. The smallest absolute Gasteiger partial charge is 0.237 e. The van der Waals surface area contributed by atoms with Gasteiger partial charge in [0, 0.05) is 18.7 Å². The number of benzene rings is 1. The van der Waals surface area contributed by atoms with Crippen LogP contribution in [-0.4, -0.2) is 30.3 Å². The minimum absolute atomic E-state index is 0.0118. The number of carbonyl (C=O) groups is 1. The lowest BCUT2D eigenvalue weighted by Crippen LogP contribution is -2.33. The maximum absolute atomic E-state index is 12.1. The molecule has 1 aromatic rings. The molecule has 0 unspecified atom stereocenters. The SMILES string of the molecule is CC[C@@H]1C[C@H]1CN(Cc1ccc(C#N)cc1OC)C(=O)CCl. The number of halogens is 1. The fourth-order valence-corrected chi connectivity index (χ4v) is 2.98. The van der Waals surface area contributed by atoms with E-state index in [-0.39, 0.29) is 11.8 Å². The lowest BCUT2D eigenvalue weighted by Gasteiger charge is -2.23. The average Bonchev–Trinajstić information content (AvgIpc) is 3.31. The molecule has 0 N–H and O–H groups in total. The van der Waals surface area contributed by atoms with Gasteiger partial charge in [-0.05, 0) is 30.4 Å². The van der Waals surface area contributed by atoms with Gasteiger partial charge in [-0.25, -0.2) is 0 Å². The Morgan fingerprint density at radius 1 is 1.50 bits per heavy atom. The van der Waals surface area contributed by atoms with Crippen molar-refractivity contribution in [1.29, 1.82) is 5.26 Å². The summed E-state index contributed by atoms with van der Waals surface area (Å²) in [5, 5.41) is 8.95. The molecule has 1 saturated carbocycles. The van der Waals surface area contributed by atoms with Gasteiger partial charge in [0.05, 0.1) is 18.7 Å². The van der Waals surface area contributed by atoms with Crippen molar-refractivity contribution in [3.05, 3.63) is 29.3 Å². The molecule has 0 heterocycles. The van der Waals surface area contributed by atoms with Crippen LogP contribution < -0.4 is 4.74 Å². The third kappa shape index (κ3) is 3.92. The van der Waals surface area contributed by atoms with Crippen molar-refractivity contribution in [3.63, 3.8) is 0 Å². The van der Waals surface area contributed by atoms with Crippen LogP contribution in [0.2, 0.25) is 0 Å². The Kier molecular flexibility index (Phi) is 5.68. The number of hydrogen-bond donors (Lipinski definition) is 0. The van der Waals surface area contributed by atoms with Crippen LogP contribution in [0.25, 0.3) is 0 Å². The van der Waals surface area contributed by atoms with Crippen LogP contribution in [0.4, 0.5) is 0 Å². The first kappa shape index (κ1) is 16.6. The second-order valence-electron chi connectivity index (χ2n) is 5.71. The van der Waals surface area contributed by atoms with E-state index in [4.69, 9.17) is 21.6 Å². The van der Waals surface area contributed by atoms with Crippen LogP contribution in [0.3, 0.4) is 0 Å². The van der Waals surface area contributed by atoms with Crippen LogP contribution >= 0.6 is 11.6 Å². The van der Waals surface area contributed by atoms with Gasteiger partial charge in [0.15, 0.2) is 0 Å². The predicted molar refractivity (Wildman–Crippen MR) is 85.7 cm³/mol. The zero-order valence-corrected chi connectivity index (χ0v) is 13.8. The first-order chi connectivity index (χ1) is 10.6. The second kappa shape index (κ2) is 7.51. The Balaban J connectivity index is 2.13. The summed E-state index contributed by atoms with van der Waals surface area (Å²) in [6.07, 6.45) is 2.35. The summed E-state index contributed by atoms with van der Waals surface area (Å²) in [6.45, 7) is 3.39. The van der Waals surface area contributed by atoms with E-state index in [0.29, 0.717) is 23.8 Å². The second-order valence-corrected chi connectivity index (χ2v) is 5.98. The molecule has 2 rings (SSSR count). The summed E-state index contributed by atoms with van der Waals surface area (Å²) in [6, 6.07) is 7.38. The van der Waals surface area contributed by atoms with E-state index < -0.39 is 0 Å².